The molecule has 0 fully saturated rings. The fraction of sp³-hybridized carbons (Fsp3) is 0.316. The third-order valence-corrected chi connectivity index (χ3v) is 4.00. The van der Waals surface area contributed by atoms with Crippen molar-refractivity contribution in [1.82, 2.24) is 0 Å². The second kappa shape index (κ2) is 7.46. The van der Waals surface area contributed by atoms with Crippen LogP contribution in [0.4, 0.5) is 5.69 Å². The number of hydrogen-bond donors (Lipinski definition) is 1. The summed E-state index contributed by atoms with van der Waals surface area (Å²) >= 11 is 5.87. The second-order valence-corrected chi connectivity index (χ2v) is 6.30. The van der Waals surface area contributed by atoms with E-state index in [0.29, 0.717) is 18.8 Å². The van der Waals surface area contributed by atoms with E-state index < -0.39 is 0 Å². The molecule has 1 N–H and O–H groups in total. The number of hydrogen-bond acceptors (Lipinski definition) is 1. The minimum Gasteiger partial charge on any atom is -0.326 e. The van der Waals surface area contributed by atoms with Crippen LogP contribution >= 0.6 is 11.6 Å². The Hall–Kier alpha value is -1.80. The molecule has 0 radical (unpaired) electrons. The maximum atomic E-state index is 12.2. The van der Waals surface area contributed by atoms with Gasteiger partial charge in [0.15, 0.2) is 0 Å². The van der Waals surface area contributed by atoms with E-state index in [4.69, 9.17) is 11.6 Å². The number of benzene rings is 2. The highest BCUT2D eigenvalue weighted by atomic mass is 35.5. The number of amides is 1. The van der Waals surface area contributed by atoms with Gasteiger partial charge >= 0.3 is 0 Å². The molecule has 22 heavy (non-hydrogen) atoms. The predicted molar refractivity (Wildman–Crippen MR) is 93.7 cm³/mol. The highest BCUT2D eigenvalue weighted by Crippen LogP contribution is 2.27. The van der Waals surface area contributed by atoms with E-state index in [2.05, 4.69) is 25.2 Å². The summed E-state index contributed by atoms with van der Waals surface area (Å²) in [5.74, 6) is 0.428. The van der Waals surface area contributed by atoms with Crippen LogP contribution in [0.25, 0.3) is 0 Å². The Morgan fingerprint density at radius 2 is 1.82 bits per heavy atom. The molecule has 0 aliphatic carbocycles. The number of anilines is 1. The third kappa shape index (κ3) is 4.35. The maximum absolute atomic E-state index is 12.2. The topological polar surface area (TPSA) is 29.1 Å². The first-order valence-corrected chi connectivity index (χ1v) is 7.99. The molecular formula is C19H22ClNO. The summed E-state index contributed by atoms with van der Waals surface area (Å²) in [5, 5.41) is 3.79. The fourth-order valence-electron chi connectivity index (χ4n) is 2.45. The zero-order valence-corrected chi connectivity index (χ0v) is 14.1. The number of rotatable bonds is 5. The molecule has 0 spiro atoms. The maximum Gasteiger partial charge on any atom is 0.224 e. The van der Waals surface area contributed by atoms with E-state index in [1.807, 2.05) is 43.3 Å². The molecular weight excluding hydrogens is 294 g/mol. The average Bonchev–Trinajstić information content (AvgIpc) is 2.48. The van der Waals surface area contributed by atoms with Crippen LogP contribution in [0.2, 0.25) is 5.02 Å². The number of carbonyl (C=O) groups excluding carboxylic acids is 1. The molecule has 0 heterocycles. The van der Waals surface area contributed by atoms with Gasteiger partial charge in [-0.1, -0.05) is 55.8 Å². The molecule has 0 bridgehead atoms. The van der Waals surface area contributed by atoms with Crippen molar-refractivity contribution in [2.45, 2.75) is 39.5 Å². The van der Waals surface area contributed by atoms with Crippen LogP contribution < -0.4 is 5.32 Å². The van der Waals surface area contributed by atoms with Gasteiger partial charge in [0, 0.05) is 17.1 Å². The summed E-state index contributed by atoms with van der Waals surface area (Å²) in [6.07, 6.45) is 1.18. The van der Waals surface area contributed by atoms with Gasteiger partial charge in [0.1, 0.15) is 0 Å². The molecule has 0 saturated heterocycles. The summed E-state index contributed by atoms with van der Waals surface area (Å²) < 4.78 is 0. The van der Waals surface area contributed by atoms with Crippen LogP contribution in [0.5, 0.6) is 0 Å². The van der Waals surface area contributed by atoms with Crippen molar-refractivity contribution in [1.29, 1.82) is 0 Å². The lowest BCUT2D eigenvalue weighted by atomic mass is 9.98. The minimum atomic E-state index is 0.0474. The number of nitrogens with one attached hydrogen (secondary N) is 1. The van der Waals surface area contributed by atoms with E-state index in [9.17, 15) is 4.79 Å². The largest absolute Gasteiger partial charge is 0.326 e. The van der Waals surface area contributed by atoms with E-state index in [0.717, 1.165) is 21.8 Å². The van der Waals surface area contributed by atoms with Crippen molar-refractivity contribution in [2.24, 2.45) is 0 Å². The first kappa shape index (κ1) is 16.6. The first-order valence-electron chi connectivity index (χ1n) is 7.61. The van der Waals surface area contributed by atoms with Gasteiger partial charge < -0.3 is 5.32 Å². The zero-order valence-electron chi connectivity index (χ0n) is 13.3. The van der Waals surface area contributed by atoms with E-state index in [1.165, 1.54) is 5.56 Å². The highest BCUT2D eigenvalue weighted by molar-refractivity contribution is 6.30. The Balaban J connectivity index is 2.02. The van der Waals surface area contributed by atoms with Gasteiger partial charge in [0.2, 0.25) is 5.91 Å². The van der Waals surface area contributed by atoms with Crippen LogP contribution in [-0.2, 0) is 11.2 Å². The van der Waals surface area contributed by atoms with Crippen molar-refractivity contribution in [3.05, 3.63) is 64.2 Å². The third-order valence-electron chi connectivity index (χ3n) is 3.75. The molecule has 2 nitrogen and oxygen atoms in total. The molecule has 1 amide bonds. The molecule has 3 heteroatoms. The summed E-state index contributed by atoms with van der Waals surface area (Å²) in [7, 11) is 0. The van der Waals surface area contributed by atoms with Gasteiger partial charge in [-0.05, 0) is 48.1 Å². The number of para-hydroxylation sites is 1. The Bertz CT molecular complexity index is 647. The average molecular weight is 316 g/mol. The van der Waals surface area contributed by atoms with Gasteiger partial charge in [0.25, 0.3) is 0 Å². The highest BCUT2D eigenvalue weighted by Gasteiger charge is 2.12. The lowest BCUT2D eigenvalue weighted by molar-refractivity contribution is -0.116. The van der Waals surface area contributed by atoms with E-state index >= 15 is 0 Å². The number of halogens is 1. The van der Waals surface area contributed by atoms with Gasteiger partial charge in [-0.15, -0.1) is 0 Å². The monoisotopic (exact) mass is 315 g/mol. The summed E-state index contributed by atoms with van der Waals surface area (Å²) in [6, 6.07) is 13.8. The lowest BCUT2D eigenvalue weighted by Crippen LogP contribution is -2.15. The summed E-state index contributed by atoms with van der Waals surface area (Å²) in [6.45, 7) is 6.30. The van der Waals surface area contributed by atoms with Crippen LogP contribution in [0.15, 0.2) is 42.5 Å². The van der Waals surface area contributed by atoms with Crippen LogP contribution in [-0.4, -0.2) is 5.91 Å². The van der Waals surface area contributed by atoms with E-state index in [1.54, 1.807) is 0 Å². The molecule has 0 unspecified atom stereocenters. The normalized spacial score (nSPS) is 10.8. The van der Waals surface area contributed by atoms with E-state index in [-0.39, 0.29) is 5.91 Å². The molecule has 0 aromatic heterocycles. The Morgan fingerprint density at radius 3 is 2.45 bits per heavy atom. The van der Waals surface area contributed by atoms with Crippen molar-refractivity contribution in [3.63, 3.8) is 0 Å². The molecule has 0 aliphatic heterocycles. The SMILES string of the molecule is Cc1cccc(C(C)C)c1NC(=O)CCc1ccc(Cl)cc1. The molecule has 0 aliphatic rings. The molecule has 2 aromatic rings. The Morgan fingerprint density at radius 1 is 1.14 bits per heavy atom. The molecule has 116 valence electrons. The van der Waals surface area contributed by atoms with Crippen molar-refractivity contribution < 1.29 is 4.79 Å². The van der Waals surface area contributed by atoms with Gasteiger partial charge in [0.05, 0.1) is 0 Å². The predicted octanol–water partition coefficient (Wildman–Crippen LogP) is 5.34. The lowest BCUT2D eigenvalue weighted by Gasteiger charge is -2.16. The van der Waals surface area contributed by atoms with Gasteiger partial charge in [-0.25, -0.2) is 0 Å². The zero-order chi connectivity index (χ0) is 16.1. The number of carbonyl (C=O) groups is 1. The van der Waals surface area contributed by atoms with Crippen LogP contribution in [0, 0.1) is 6.92 Å². The summed E-state index contributed by atoms with van der Waals surface area (Å²) in [5.41, 5.74) is 4.36. The summed E-state index contributed by atoms with van der Waals surface area (Å²) in [4.78, 5) is 12.2. The molecule has 0 atom stereocenters. The second-order valence-electron chi connectivity index (χ2n) is 5.87. The Kier molecular flexibility index (Phi) is 5.62. The first-order chi connectivity index (χ1) is 10.5. The molecule has 0 saturated carbocycles. The van der Waals surface area contributed by atoms with Crippen LogP contribution in [0.1, 0.15) is 42.9 Å². The van der Waals surface area contributed by atoms with Crippen LogP contribution in [0.3, 0.4) is 0 Å². The smallest absolute Gasteiger partial charge is 0.224 e. The van der Waals surface area contributed by atoms with Crippen molar-refractivity contribution in [3.8, 4) is 0 Å². The Labute approximate surface area is 137 Å². The quantitative estimate of drug-likeness (QED) is 0.792. The standard InChI is InChI=1S/C19H22ClNO/c1-13(2)17-6-4-5-14(3)19(17)21-18(22)12-9-15-7-10-16(20)11-8-15/h4-8,10-11,13H,9,12H2,1-3H3,(H,21,22). The molecule has 2 rings (SSSR count). The van der Waals surface area contributed by atoms with Crippen molar-refractivity contribution >= 4 is 23.2 Å². The van der Waals surface area contributed by atoms with Gasteiger partial charge in [-0.3, -0.25) is 4.79 Å². The molecule has 2 aromatic carbocycles. The van der Waals surface area contributed by atoms with Gasteiger partial charge in [-0.2, -0.15) is 0 Å². The van der Waals surface area contributed by atoms with Crippen molar-refractivity contribution in [2.75, 3.05) is 5.32 Å². The number of aryl methyl sites for hydroxylation is 2. The fourth-order valence-corrected chi connectivity index (χ4v) is 2.58. The minimum absolute atomic E-state index is 0.0474.